The van der Waals surface area contributed by atoms with Gasteiger partial charge in [0.15, 0.2) is 0 Å². The Balaban J connectivity index is 1.94. The first-order chi connectivity index (χ1) is 9.40. The molecule has 1 aliphatic rings. The number of rotatable bonds is 3. The van der Waals surface area contributed by atoms with E-state index in [4.69, 9.17) is 0 Å². The lowest BCUT2D eigenvalue weighted by molar-refractivity contribution is -0.152. The number of carbonyl (C=O) groups is 2. The van der Waals surface area contributed by atoms with Gasteiger partial charge >= 0.3 is 5.97 Å². The van der Waals surface area contributed by atoms with Gasteiger partial charge < -0.3 is 10.0 Å². The second kappa shape index (κ2) is 5.95. The van der Waals surface area contributed by atoms with Crippen molar-refractivity contribution in [1.29, 1.82) is 0 Å². The minimum Gasteiger partial charge on any atom is -0.481 e. The Morgan fingerprint density at radius 1 is 1.35 bits per heavy atom. The predicted molar refractivity (Wildman–Crippen MR) is 79.4 cm³/mol. The van der Waals surface area contributed by atoms with Crippen LogP contribution < -0.4 is 0 Å². The number of hydrogen-bond donors (Lipinski definition) is 1. The molecule has 1 fully saturated rings. The van der Waals surface area contributed by atoms with Crippen LogP contribution >= 0.6 is 15.9 Å². The van der Waals surface area contributed by atoms with Crippen molar-refractivity contribution in [3.8, 4) is 0 Å². The number of hydrogen-bond acceptors (Lipinski definition) is 2. The van der Waals surface area contributed by atoms with Gasteiger partial charge in [-0.1, -0.05) is 28.1 Å². The number of likely N-dealkylation sites (tertiary alicyclic amines) is 1. The Labute approximate surface area is 126 Å². The number of amides is 1. The van der Waals surface area contributed by atoms with Gasteiger partial charge in [-0.3, -0.25) is 9.59 Å². The van der Waals surface area contributed by atoms with Gasteiger partial charge in [0.25, 0.3) is 0 Å². The minimum atomic E-state index is -0.767. The Morgan fingerprint density at radius 3 is 2.55 bits per heavy atom. The van der Waals surface area contributed by atoms with Crippen LogP contribution in [0, 0.1) is 5.41 Å². The summed E-state index contributed by atoms with van der Waals surface area (Å²) in [4.78, 5) is 25.2. The topological polar surface area (TPSA) is 57.6 Å². The molecular formula is C15H18BrNO3. The standard InChI is InChI=1S/C15H18BrNO3/c1-15(14(19)20)5-7-17(8-6-15)13(18)10-11-3-2-4-12(16)9-11/h2-4,9H,5-8,10H2,1H3,(H,19,20). The highest BCUT2D eigenvalue weighted by Crippen LogP contribution is 2.31. The van der Waals surface area contributed by atoms with Crippen LogP contribution in [0.25, 0.3) is 0 Å². The quantitative estimate of drug-likeness (QED) is 0.920. The van der Waals surface area contributed by atoms with E-state index in [9.17, 15) is 14.7 Å². The molecule has 0 saturated carbocycles. The van der Waals surface area contributed by atoms with E-state index in [1.165, 1.54) is 0 Å². The van der Waals surface area contributed by atoms with Gasteiger partial charge in [0, 0.05) is 17.6 Å². The summed E-state index contributed by atoms with van der Waals surface area (Å²) in [6, 6.07) is 7.69. The van der Waals surface area contributed by atoms with E-state index in [-0.39, 0.29) is 5.91 Å². The fourth-order valence-corrected chi connectivity index (χ4v) is 2.84. The summed E-state index contributed by atoms with van der Waals surface area (Å²) in [5, 5.41) is 9.18. The molecule has 1 aromatic carbocycles. The molecule has 0 spiro atoms. The molecule has 1 N–H and O–H groups in total. The smallest absolute Gasteiger partial charge is 0.309 e. The molecule has 2 rings (SSSR count). The number of aliphatic carboxylic acids is 1. The van der Waals surface area contributed by atoms with E-state index in [1.807, 2.05) is 24.3 Å². The maximum Gasteiger partial charge on any atom is 0.309 e. The second-order valence-electron chi connectivity index (χ2n) is 5.55. The molecule has 1 saturated heterocycles. The van der Waals surface area contributed by atoms with Crippen LogP contribution in [0.5, 0.6) is 0 Å². The fraction of sp³-hybridized carbons (Fsp3) is 0.467. The summed E-state index contributed by atoms with van der Waals surface area (Å²) in [6.07, 6.45) is 1.41. The number of nitrogens with zero attached hydrogens (tertiary/aromatic N) is 1. The largest absolute Gasteiger partial charge is 0.481 e. The Hall–Kier alpha value is -1.36. The lowest BCUT2D eigenvalue weighted by Gasteiger charge is -2.36. The van der Waals surface area contributed by atoms with Crippen LogP contribution in [-0.2, 0) is 16.0 Å². The number of carboxylic acid groups (broad SMARTS) is 1. The first kappa shape index (κ1) is 15.0. The lowest BCUT2D eigenvalue weighted by Crippen LogP contribution is -2.45. The first-order valence-electron chi connectivity index (χ1n) is 6.66. The van der Waals surface area contributed by atoms with Crippen LogP contribution in [0.3, 0.4) is 0 Å². The maximum atomic E-state index is 12.2. The van der Waals surface area contributed by atoms with Gasteiger partial charge in [-0.2, -0.15) is 0 Å². The van der Waals surface area contributed by atoms with E-state index < -0.39 is 11.4 Å². The van der Waals surface area contributed by atoms with Crippen molar-refractivity contribution < 1.29 is 14.7 Å². The molecule has 1 heterocycles. The van der Waals surface area contributed by atoms with Gasteiger partial charge in [0.05, 0.1) is 11.8 Å². The third-order valence-electron chi connectivity index (χ3n) is 3.98. The summed E-state index contributed by atoms with van der Waals surface area (Å²) >= 11 is 3.39. The zero-order chi connectivity index (χ0) is 14.8. The van der Waals surface area contributed by atoms with Gasteiger partial charge in [-0.05, 0) is 37.5 Å². The van der Waals surface area contributed by atoms with Gasteiger partial charge in [0.2, 0.25) is 5.91 Å². The van der Waals surface area contributed by atoms with E-state index >= 15 is 0 Å². The van der Waals surface area contributed by atoms with Crippen LogP contribution in [0.1, 0.15) is 25.3 Å². The molecule has 1 amide bonds. The van der Waals surface area contributed by atoms with Crippen molar-refractivity contribution in [3.05, 3.63) is 34.3 Å². The Bertz CT molecular complexity index is 522. The summed E-state index contributed by atoms with van der Waals surface area (Å²) in [5.74, 6) is -0.702. The molecule has 0 aromatic heterocycles. The van der Waals surface area contributed by atoms with Crippen LogP contribution in [-0.4, -0.2) is 35.0 Å². The number of piperidine rings is 1. The van der Waals surface area contributed by atoms with Gasteiger partial charge in [-0.25, -0.2) is 0 Å². The van der Waals surface area contributed by atoms with Crippen molar-refractivity contribution in [3.63, 3.8) is 0 Å². The molecule has 0 radical (unpaired) electrons. The maximum absolute atomic E-state index is 12.2. The average Bonchev–Trinajstić information content (AvgIpc) is 2.39. The van der Waals surface area contributed by atoms with Crippen molar-refractivity contribution >= 4 is 27.8 Å². The highest BCUT2D eigenvalue weighted by Gasteiger charge is 2.37. The summed E-state index contributed by atoms with van der Waals surface area (Å²) in [7, 11) is 0. The van der Waals surface area contributed by atoms with E-state index in [0.717, 1.165) is 10.0 Å². The lowest BCUT2D eigenvalue weighted by atomic mass is 9.80. The minimum absolute atomic E-state index is 0.0653. The van der Waals surface area contributed by atoms with Crippen LogP contribution in [0.15, 0.2) is 28.7 Å². The summed E-state index contributed by atoms with van der Waals surface area (Å²) in [6.45, 7) is 2.80. The van der Waals surface area contributed by atoms with E-state index in [1.54, 1.807) is 11.8 Å². The fourth-order valence-electron chi connectivity index (χ4n) is 2.40. The third-order valence-corrected chi connectivity index (χ3v) is 4.47. The van der Waals surface area contributed by atoms with Crippen molar-refractivity contribution in [2.75, 3.05) is 13.1 Å². The average molecular weight is 340 g/mol. The van der Waals surface area contributed by atoms with Gasteiger partial charge in [-0.15, -0.1) is 0 Å². The molecule has 0 atom stereocenters. The van der Waals surface area contributed by atoms with E-state index in [2.05, 4.69) is 15.9 Å². The van der Waals surface area contributed by atoms with Crippen molar-refractivity contribution in [1.82, 2.24) is 4.90 Å². The third kappa shape index (κ3) is 3.39. The van der Waals surface area contributed by atoms with E-state index in [0.29, 0.717) is 32.4 Å². The Kier molecular flexibility index (Phi) is 4.48. The molecule has 1 aromatic rings. The highest BCUT2D eigenvalue weighted by molar-refractivity contribution is 9.10. The molecule has 1 aliphatic heterocycles. The van der Waals surface area contributed by atoms with Crippen molar-refractivity contribution in [2.24, 2.45) is 5.41 Å². The molecule has 0 aliphatic carbocycles. The number of halogens is 1. The van der Waals surface area contributed by atoms with Gasteiger partial charge in [0.1, 0.15) is 0 Å². The first-order valence-corrected chi connectivity index (χ1v) is 7.46. The molecule has 0 unspecified atom stereocenters. The highest BCUT2D eigenvalue weighted by atomic mass is 79.9. The number of carbonyl (C=O) groups excluding carboxylic acids is 1. The zero-order valence-corrected chi connectivity index (χ0v) is 13.0. The molecule has 108 valence electrons. The second-order valence-corrected chi connectivity index (χ2v) is 6.47. The predicted octanol–water partition coefficient (Wildman–Crippen LogP) is 2.70. The molecule has 4 nitrogen and oxygen atoms in total. The molecule has 0 bridgehead atoms. The normalized spacial score (nSPS) is 17.8. The Morgan fingerprint density at radius 2 is 2.00 bits per heavy atom. The summed E-state index contributed by atoms with van der Waals surface area (Å²) < 4.78 is 0.958. The number of carboxylic acids is 1. The van der Waals surface area contributed by atoms with Crippen molar-refractivity contribution in [2.45, 2.75) is 26.2 Å². The molecule has 20 heavy (non-hydrogen) atoms. The SMILES string of the molecule is CC1(C(=O)O)CCN(C(=O)Cc2cccc(Br)c2)CC1. The van der Waals surface area contributed by atoms with Crippen LogP contribution in [0.2, 0.25) is 0 Å². The monoisotopic (exact) mass is 339 g/mol. The van der Waals surface area contributed by atoms with Crippen LogP contribution in [0.4, 0.5) is 0 Å². The molecule has 5 heteroatoms. The summed E-state index contributed by atoms with van der Waals surface area (Å²) in [5.41, 5.74) is 0.281. The number of benzene rings is 1. The molecular weight excluding hydrogens is 322 g/mol. The zero-order valence-electron chi connectivity index (χ0n) is 11.4.